The molecule has 0 aromatic carbocycles. The van der Waals surface area contributed by atoms with Crippen LogP contribution in [-0.4, -0.2) is 46.1 Å². The smallest absolute Gasteiger partial charge is 0.338 e. The highest BCUT2D eigenvalue weighted by Gasteiger charge is 2.57. The second kappa shape index (κ2) is 8.78. The molecule has 0 bridgehead atoms. The van der Waals surface area contributed by atoms with Crippen molar-refractivity contribution in [2.24, 2.45) is 40.4 Å². The van der Waals surface area contributed by atoms with Crippen molar-refractivity contribution in [3.05, 3.63) is 0 Å². The molecule has 0 spiro atoms. The van der Waals surface area contributed by atoms with E-state index in [1.807, 2.05) is 0 Å². The Hall–Kier alpha value is -1.14. The molecule has 8 unspecified atom stereocenters. The first-order valence-electron chi connectivity index (χ1n) is 11.7. The van der Waals surface area contributed by atoms with Gasteiger partial charge in [-0.25, -0.2) is 9.59 Å². The minimum absolute atomic E-state index is 0.168. The van der Waals surface area contributed by atoms with Crippen molar-refractivity contribution in [1.29, 1.82) is 0 Å². The maximum absolute atomic E-state index is 12.1. The van der Waals surface area contributed by atoms with Gasteiger partial charge < -0.3 is 20.1 Å². The molecule has 3 aliphatic rings. The molecule has 0 saturated heterocycles. The van der Waals surface area contributed by atoms with Crippen LogP contribution in [0.5, 0.6) is 0 Å². The fraction of sp³-hybridized carbons (Fsp3) is 0.917. The highest BCUT2D eigenvalue weighted by Crippen LogP contribution is 2.64. The Balaban J connectivity index is 1.69. The summed E-state index contributed by atoms with van der Waals surface area (Å²) in [7, 11) is 0. The van der Waals surface area contributed by atoms with Gasteiger partial charge in [-0.05, 0) is 80.0 Å². The largest absolute Gasteiger partial charge is 0.479 e. The van der Waals surface area contributed by atoms with Crippen LogP contribution in [-0.2, 0) is 14.3 Å². The maximum atomic E-state index is 12.1. The molecule has 0 aliphatic heterocycles. The van der Waals surface area contributed by atoms with Gasteiger partial charge in [0, 0.05) is 5.41 Å². The van der Waals surface area contributed by atoms with E-state index in [9.17, 15) is 19.8 Å². The number of aliphatic hydroxyl groups is 2. The molecule has 8 atom stereocenters. The van der Waals surface area contributed by atoms with Gasteiger partial charge in [0.1, 0.15) is 0 Å². The first-order chi connectivity index (χ1) is 14.0. The molecule has 0 heterocycles. The second-order valence-electron chi connectivity index (χ2n) is 11.2. The molecule has 30 heavy (non-hydrogen) atoms. The van der Waals surface area contributed by atoms with Crippen molar-refractivity contribution in [2.75, 3.05) is 6.61 Å². The summed E-state index contributed by atoms with van der Waals surface area (Å²) in [6, 6.07) is 0. The number of ether oxygens (including phenoxy) is 1. The van der Waals surface area contributed by atoms with E-state index >= 15 is 0 Å². The van der Waals surface area contributed by atoms with Gasteiger partial charge in [-0.2, -0.15) is 0 Å². The predicted octanol–water partition coefficient (Wildman–Crippen LogP) is 3.63. The lowest BCUT2D eigenvalue weighted by Gasteiger charge is -2.61. The molecule has 3 saturated carbocycles. The van der Waals surface area contributed by atoms with Crippen LogP contribution in [0.1, 0.15) is 79.1 Å². The minimum atomic E-state index is -2.16. The van der Waals surface area contributed by atoms with E-state index in [-0.39, 0.29) is 17.4 Å². The first-order valence-corrected chi connectivity index (χ1v) is 11.7. The summed E-state index contributed by atoms with van der Waals surface area (Å²) in [4.78, 5) is 23.0. The minimum Gasteiger partial charge on any atom is -0.479 e. The number of rotatable bonds is 6. The monoisotopic (exact) mass is 424 g/mol. The first kappa shape index (κ1) is 23.5. The number of hydrogen-bond acceptors (Lipinski definition) is 5. The molecule has 3 N–H and O–H groups in total. The Bertz CT molecular complexity index is 648. The van der Waals surface area contributed by atoms with Gasteiger partial charge in [0.25, 0.3) is 0 Å². The zero-order valence-electron chi connectivity index (χ0n) is 19.0. The van der Waals surface area contributed by atoms with Gasteiger partial charge >= 0.3 is 11.9 Å². The van der Waals surface area contributed by atoms with E-state index in [0.29, 0.717) is 5.92 Å². The average molecular weight is 425 g/mol. The molecule has 3 aliphatic carbocycles. The van der Waals surface area contributed by atoms with Gasteiger partial charge in [0.15, 0.2) is 12.2 Å². The van der Waals surface area contributed by atoms with Gasteiger partial charge in [0.2, 0.25) is 0 Å². The van der Waals surface area contributed by atoms with Gasteiger partial charge in [-0.15, -0.1) is 0 Å². The number of hydrogen-bond donors (Lipinski definition) is 3. The van der Waals surface area contributed by atoms with E-state index in [2.05, 4.69) is 27.7 Å². The van der Waals surface area contributed by atoms with Crippen LogP contribution in [0, 0.1) is 40.4 Å². The van der Waals surface area contributed by atoms with Crippen molar-refractivity contribution in [1.82, 2.24) is 0 Å². The van der Waals surface area contributed by atoms with Gasteiger partial charge in [-0.3, -0.25) is 0 Å². The van der Waals surface area contributed by atoms with Crippen LogP contribution in [0.2, 0.25) is 0 Å². The molecular formula is C24H40O6. The Morgan fingerprint density at radius 3 is 2.37 bits per heavy atom. The summed E-state index contributed by atoms with van der Waals surface area (Å²) in [5.74, 6) is 0.871. The number of carboxylic acid groups (broad SMARTS) is 1. The number of aliphatic hydroxyl groups excluding tert-OH is 2. The lowest BCUT2D eigenvalue weighted by molar-refractivity contribution is -0.180. The fourth-order valence-electron chi connectivity index (χ4n) is 7.37. The lowest BCUT2D eigenvalue weighted by atomic mass is 9.44. The molecular weight excluding hydrogens is 384 g/mol. The molecule has 6 nitrogen and oxygen atoms in total. The van der Waals surface area contributed by atoms with Crippen LogP contribution < -0.4 is 0 Å². The third-order valence-electron chi connectivity index (χ3n) is 9.08. The normalized spacial score (nSPS) is 40.8. The molecule has 0 aromatic heterocycles. The standard InChI is InChI=1S/C24H40O6/c1-14(2)15-6-8-17-16(12-15)7-9-18-23(3,10-5-11-24(17,18)4)13-30-22(29)20(26)19(25)21(27)28/h14-20,25-26H,5-13H2,1-4H3,(H,27,28). The third-order valence-corrected chi connectivity index (χ3v) is 9.08. The number of carboxylic acids is 1. The molecule has 0 amide bonds. The van der Waals surface area contributed by atoms with Crippen molar-refractivity contribution in [3.8, 4) is 0 Å². The quantitative estimate of drug-likeness (QED) is 0.563. The van der Waals surface area contributed by atoms with Crippen molar-refractivity contribution in [3.63, 3.8) is 0 Å². The Labute approximate surface area is 180 Å². The number of fused-ring (bicyclic) bond motifs is 3. The van der Waals surface area contributed by atoms with E-state index in [1.54, 1.807) is 0 Å². The summed E-state index contributed by atoms with van der Waals surface area (Å²) in [5, 5.41) is 28.0. The topological polar surface area (TPSA) is 104 Å². The molecule has 172 valence electrons. The Kier molecular flexibility index (Phi) is 6.88. The van der Waals surface area contributed by atoms with Crippen LogP contribution in [0.15, 0.2) is 0 Å². The molecule has 6 heteroatoms. The molecule has 3 rings (SSSR count). The summed E-state index contributed by atoms with van der Waals surface area (Å²) in [6.07, 6.45) is 5.38. The Morgan fingerprint density at radius 1 is 1.03 bits per heavy atom. The average Bonchev–Trinajstić information content (AvgIpc) is 2.70. The zero-order chi connectivity index (χ0) is 22.3. The fourth-order valence-corrected chi connectivity index (χ4v) is 7.37. The van der Waals surface area contributed by atoms with Crippen molar-refractivity contribution in [2.45, 2.75) is 91.3 Å². The van der Waals surface area contributed by atoms with E-state index in [4.69, 9.17) is 9.84 Å². The van der Waals surface area contributed by atoms with Crippen molar-refractivity contribution < 1.29 is 29.6 Å². The van der Waals surface area contributed by atoms with E-state index in [1.165, 1.54) is 32.1 Å². The van der Waals surface area contributed by atoms with Crippen LogP contribution in [0.4, 0.5) is 0 Å². The number of carbonyl (C=O) groups is 2. The van der Waals surface area contributed by atoms with Crippen LogP contribution in [0.3, 0.4) is 0 Å². The molecule has 0 radical (unpaired) electrons. The summed E-state index contributed by atoms with van der Waals surface area (Å²) in [6.45, 7) is 9.50. The van der Waals surface area contributed by atoms with Crippen LogP contribution in [0.25, 0.3) is 0 Å². The highest BCUT2D eigenvalue weighted by atomic mass is 16.6. The highest BCUT2D eigenvalue weighted by molar-refractivity contribution is 5.84. The Morgan fingerprint density at radius 2 is 1.73 bits per heavy atom. The van der Waals surface area contributed by atoms with Crippen molar-refractivity contribution >= 4 is 11.9 Å². The summed E-state index contributed by atoms with van der Waals surface area (Å²) < 4.78 is 5.38. The summed E-state index contributed by atoms with van der Waals surface area (Å²) in [5.41, 5.74) is 0.0554. The second-order valence-corrected chi connectivity index (χ2v) is 11.2. The SMILES string of the molecule is CC(C)C1CCC2C(CCC3C(C)(COC(=O)C(O)C(O)C(=O)O)CCCC23C)C1. The maximum Gasteiger partial charge on any atom is 0.338 e. The van der Waals surface area contributed by atoms with E-state index < -0.39 is 24.1 Å². The lowest BCUT2D eigenvalue weighted by Crippen LogP contribution is -2.55. The number of carbonyl (C=O) groups excluding carboxylic acids is 1. The summed E-state index contributed by atoms with van der Waals surface area (Å²) >= 11 is 0. The zero-order valence-corrected chi connectivity index (χ0v) is 19.0. The number of aliphatic carboxylic acids is 1. The van der Waals surface area contributed by atoms with Gasteiger partial charge in [-0.1, -0.05) is 34.1 Å². The molecule has 3 fully saturated rings. The van der Waals surface area contributed by atoms with Crippen LogP contribution >= 0.6 is 0 Å². The van der Waals surface area contributed by atoms with E-state index in [0.717, 1.165) is 42.9 Å². The predicted molar refractivity (Wildman–Crippen MR) is 113 cm³/mol. The third kappa shape index (κ3) is 4.27. The van der Waals surface area contributed by atoms with Gasteiger partial charge in [0.05, 0.1) is 6.61 Å². The molecule has 0 aromatic rings. The number of esters is 1.